The molecule has 1 aliphatic heterocycles. The van der Waals surface area contributed by atoms with E-state index in [9.17, 15) is 0 Å². The molecule has 0 radical (unpaired) electrons. The first-order valence-corrected chi connectivity index (χ1v) is 16.7. The number of allylic oxidation sites excluding steroid dienone is 3. The van der Waals surface area contributed by atoms with E-state index in [2.05, 4.69) is 52.9 Å². The van der Waals surface area contributed by atoms with Crippen LogP contribution >= 0.6 is 11.6 Å². The quantitative estimate of drug-likeness (QED) is 0.214. The van der Waals surface area contributed by atoms with E-state index in [0.717, 1.165) is 12.8 Å². The number of rotatable bonds is 7. The van der Waals surface area contributed by atoms with Crippen molar-refractivity contribution >= 4 is 20.6 Å². The van der Waals surface area contributed by atoms with Gasteiger partial charge in [-0.1, -0.05) is 69.0 Å². The van der Waals surface area contributed by atoms with Crippen molar-refractivity contribution in [2.45, 2.75) is 116 Å². The maximum absolute atomic E-state index is 7.38. The Balaban J connectivity index is 1.42. The molecule has 1 saturated heterocycles. The van der Waals surface area contributed by atoms with Gasteiger partial charge in [0.15, 0.2) is 9.04 Å². The molecule has 0 bridgehead atoms. The number of ether oxygens (including phenoxy) is 1. The largest absolute Gasteiger partial charge is 0.402 e. The molecule has 5 aliphatic rings. The second kappa shape index (κ2) is 8.24. The Kier molecular flexibility index (Phi) is 6.09. The van der Waals surface area contributed by atoms with Crippen LogP contribution in [-0.4, -0.2) is 26.3 Å². The fraction of sp³-hybridized carbons (Fsp3) is 0.857. The van der Waals surface area contributed by atoms with Gasteiger partial charge in [0, 0.05) is 11.3 Å². The zero-order chi connectivity index (χ0) is 22.9. The van der Waals surface area contributed by atoms with Gasteiger partial charge in [0.2, 0.25) is 0 Å². The Labute approximate surface area is 203 Å². The zero-order valence-corrected chi connectivity index (χ0v) is 23.2. The standard InChI is InChI=1S/C28H45ClO2Si/c1-7-8-16-28(29,31-32(5)6)18(2)21-12-13-22-20-11-9-19-10-14-24-25(30-24)27(19,4)23(20)15-17-26(21,22)3/h9,11,18,21-25,32H,7-8,10,12-17H2,1-6H3/t18?,21-,22+,23+,24?,25?,26-,27+,28?/m1/s1. The van der Waals surface area contributed by atoms with E-state index in [0.29, 0.717) is 41.3 Å². The van der Waals surface area contributed by atoms with Crippen LogP contribution in [0.3, 0.4) is 0 Å². The molecule has 3 saturated carbocycles. The van der Waals surface area contributed by atoms with E-state index in [4.69, 9.17) is 20.8 Å². The van der Waals surface area contributed by atoms with Gasteiger partial charge in [-0.3, -0.25) is 0 Å². The summed E-state index contributed by atoms with van der Waals surface area (Å²) in [6, 6.07) is 0. The number of unbranched alkanes of at least 4 members (excludes halogenated alkanes) is 1. The third kappa shape index (κ3) is 3.47. The lowest BCUT2D eigenvalue weighted by Gasteiger charge is -2.55. The SMILES string of the molecule is CCCCC(Cl)(O[SiH](C)C)C(C)[C@H]1CC[C@H]2C3=CC=C4CCC5OC5[C@]4(C)[C@H]3CC[C@]12C. The fourth-order valence-corrected chi connectivity index (χ4v) is 10.7. The molecule has 0 amide bonds. The van der Waals surface area contributed by atoms with E-state index in [1.807, 2.05) is 0 Å². The van der Waals surface area contributed by atoms with Gasteiger partial charge in [0.25, 0.3) is 0 Å². The molecule has 4 unspecified atom stereocenters. The van der Waals surface area contributed by atoms with Gasteiger partial charge in [0.1, 0.15) is 5.06 Å². The van der Waals surface area contributed by atoms with Crippen molar-refractivity contribution in [1.29, 1.82) is 0 Å². The lowest BCUT2D eigenvalue weighted by Crippen LogP contribution is -2.50. The second-order valence-corrected chi connectivity index (χ2v) is 15.4. The maximum Gasteiger partial charge on any atom is 0.173 e. The van der Waals surface area contributed by atoms with Crippen molar-refractivity contribution in [2.24, 2.45) is 34.5 Å². The molecule has 4 fully saturated rings. The highest BCUT2D eigenvalue weighted by Crippen LogP contribution is 2.68. The van der Waals surface area contributed by atoms with Gasteiger partial charge in [0.05, 0.1) is 12.2 Å². The molecule has 2 nitrogen and oxygen atoms in total. The van der Waals surface area contributed by atoms with Gasteiger partial charge in [-0.15, -0.1) is 0 Å². The smallest absolute Gasteiger partial charge is 0.173 e. The van der Waals surface area contributed by atoms with E-state index in [-0.39, 0.29) is 5.41 Å². The molecule has 9 atom stereocenters. The Morgan fingerprint density at radius 1 is 1.19 bits per heavy atom. The van der Waals surface area contributed by atoms with E-state index in [1.165, 1.54) is 44.9 Å². The number of fused-ring (bicyclic) bond motifs is 7. The van der Waals surface area contributed by atoms with Crippen LogP contribution in [0.25, 0.3) is 0 Å². The molecule has 0 aromatic rings. The number of hydrogen-bond acceptors (Lipinski definition) is 2. The molecule has 0 aromatic heterocycles. The van der Waals surface area contributed by atoms with Crippen molar-refractivity contribution in [2.75, 3.05) is 0 Å². The van der Waals surface area contributed by atoms with Crippen LogP contribution in [0.15, 0.2) is 23.3 Å². The molecule has 4 aliphatic carbocycles. The molecule has 0 N–H and O–H groups in total. The fourth-order valence-electron chi connectivity index (χ4n) is 8.76. The van der Waals surface area contributed by atoms with E-state index in [1.54, 1.807) is 11.1 Å². The van der Waals surface area contributed by atoms with E-state index < -0.39 is 14.1 Å². The molecule has 0 spiro atoms. The molecular weight excluding hydrogens is 432 g/mol. The highest BCUT2D eigenvalue weighted by atomic mass is 35.5. The number of epoxide rings is 1. The summed E-state index contributed by atoms with van der Waals surface area (Å²) in [6.07, 6.45) is 17.1. The summed E-state index contributed by atoms with van der Waals surface area (Å²) in [6.45, 7) is 14.4. The topological polar surface area (TPSA) is 21.8 Å². The summed E-state index contributed by atoms with van der Waals surface area (Å²) in [5.41, 5.74) is 4.02. The van der Waals surface area contributed by atoms with Crippen LogP contribution in [0.2, 0.25) is 13.1 Å². The molecule has 1 heterocycles. The predicted octanol–water partition coefficient (Wildman–Crippen LogP) is 7.62. The lowest BCUT2D eigenvalue weighted by atomic mass is 9.50. The van der Waals surface area contributed by atoms with E-state index >= 15 is 0 Å². The summed E-state index contributed by atoms with van der Waals surface area (Å²) in [7, 11) is -1.22. The zero-order valence-electron chi connectivity index (χ0n) is 21.3. The van der Waals surface area contributed by atoms with Crippen molar-refractivity contribution in [3.8, 4) is 0 Å². The van der Waals surface area contributed by atoms with Crippen molar-refractivity contribution in [1.82, 2.24) is 0 Å². The Morgan fingerprint density at radius 3 is 2.69 bits per heavy atom. The average molecular weight is 477 g/mol. The summed E-state index contributed by atoms with van der Waals surface area (Å²) in [5, 5.41) is -0.478. The Hall–Kier alpha value is -0.0931. The molecule has 5 rings (SSSR count). The second-order valence-electron chi connectivity index (χ2n) is 12.5. The minimum atomic E-state index is -1.22. The highest BCUT2D eigenvalue weighted by Gasteiger charge is 2.64. The van der Waals surface area contributed by atoms with Gasteiger partial charge in [-0.25, -0.2) is 0 Å². The van der Waals surface area contributed by atoms with Crippen molar-refractivity contribution in [3.63, 3.8) is 0 Å². The van der Waals surface area contributed by atoms with Crippen LogP contribution in [0, 0.1) is 34.5 Å². The summed E-state index contributed by atoms with van der Waals surface area (Å²) in [5.74, 6) is 2.43. The van der Waals surface area contributed by atoms with Crippen molar-refractivity contribution in [3.05, 3.63) is 23.3 Å². The highest BCUT2D eigenvalue weighted by molar-refractivity contribution is 6.49. The minimum Gasteiger partial charge on any atom is -0.402 e. The first-order chi connectivity index (χ1) is 15.1. The van der Waals surface area contributed by atoms with Crippen LogP contribution in [0.4, 0.5) is 0 Å². The van der Waals surface area contributed by atoms with Crippen LogP contribution in [0.5, 0.6) is 0 Å². The van der Waals surface area contributed by atoms with Gasteiger partial charge in [-0.05, 0) is 87.6 Å². The normalized spacial score (nSPS) is 45.1. The number of hydrogen-bond donors (Lipinski definition) is 0. The molecule has 0 aromatic carbocycles. The number of halogens is 1. The molecule has 180 valence electrons. The van der Waals surface area contributed by atoms with Crippen LogP contribution < -0.4 is 0 Å². The minimum absolute atomic E-state index is 0.252. The van der Waals surface area contributed by atoms with Crippen molar-refractivity contribution < 1.29 is 9.16 Å². The molecular formula is C28H45ClO2Si. The molecule has 4 heteroatoms. The Morgan fingerprint density at radius 2 is 1.97 bits per heavy atom. The van der Waals surface area contributed by atoms with Gasteiger partial charge >= 0.3 is 0 Å². The van der Waals surface area contributed by atoms with Gasteiger partial charge < -0.3 is 9.16 Å². The summed E-state index contributed by atoms with van der Waals surface area (Å²) < 4.78 is 12.8. The average Bonchev–Trinajstić information content (AvgIpc) is 3.46. The summed E-state index contributed by atoms with van der Waals surface area (Å²) >= 11 is 7.38. The maximum atomic E-state index is 7.38. The Bertz CT molecular complexity index is 807. The molecule has 32 heavy (non-hydrogen) atoms. The summed E-state index contributed by atoms with van der Waals surface area (Å²) in [4.78, 5) is 0. The predicted molar refractivity (Wildman–Crippen MR) is 136 cm³/mol. The first-order valence-electron chi connectivity index (χ1n) is 13.6. The third-order valence-corrected chi connectivity index (χ3v) is 12.2. The van der Waals surface area contributed by atoms with Gasteiger partial charge in [-0.2, -0.15) is 0 Å². The van der Waals surface area contributed by atoms with Crippen LogP contribution in [-0.2, 0) is 9.16 Å². The van der Waals surface area contributed by atoms with Crippen LogP contribution in [0.1, 0.15) is 85.5 Å². The first kappa shape index (κ1) is 23.6. The third-order valence-electron chi connectivity index (χ3n) is 10.5. The monoisotopic (exact) mass is 476 g/mol. The lowest BCUT2D eigenvalue weighted by molar-refractivity contribution is -0.00959. The number of alkyl halides is 1.